The van der Waals surface area contributed by atoms with Gasteiger partial charge in [0, 0.05) is 13.2 Å². The lowest BCUT2D eigenvalue weighted by atomic mass is 10.2. The van der Waals surface area contributed by atoms with Crippen LogP contribution in [-0.2, 0) is 0 Å². The Labute approximate surface area is 80.5 Å². The molecule has 0 unspecified atom stereocenters. The van der Waals surface area contributed by atoms with Gasteiger partial charge in [-0.1, -0.05) is 0 Å². The maximum Gasteiger partial charge on any atom is 0.183 e. The highest BCUT2D eigenvalue weighted by Crippen LogP contribution is 2.24. The predicted octanol–water partition coefficient (Wildman–Crippen LogP) is 1.34. The first kappa shape index (κ1) is 10.7. The molecule has 0 heterocycles. The average Bonchev–Trinajstić information content (AvgIpc) is 2.18. The molecule has 0 fully saturated rings. The summed E-state index contributed by atoms with van der Waals surface area (Å²) in [5.74, 6) is -1.92. The molecule has 14 heavy (non-hydrogen) atoms. The van der Waals surface area contributed by atoms with Crippen LogP contribution >= 0.6 is 0 Å². The minimum absolute atomic E-state index is 0.0101. The molecular formula is C9H12F2N2O. The van der Waals surface area contributed by atoms with Gasteiger partial charge in [0.15, 0.2) is 11.6 Å². The zero-order valence-electron chi connectivity index (χ0n) is 7.56. The predicted molar refractivity (Wildman–Crippen MR) is 51.0 cm³/mol. The molecule has 3 nitrogen and oxygen atoms in total. The van der Waals surface area contributed by atoms with Crippen LogP contribution in [-0.4, -0.2) is 18.3 Å². The maximum absolute atomic E-state index is 13.1. The number of hydrogen-bond acceptors (Lipinski definition) is 3. The summed E-state index contributed by atoms with van der Waals surface area (Å²) in [7, 11) is 0. The summed E-state index contributed by atoms with van der Waals surface area (Å²) in [4.78, 5) is 0. The van der Waals surface area contributed by atoms with Crippen LogP contribution in [0.4, 0.5) is 20.2 Å². The van der Waals surface area contributed by atoms with E-state index in [-0.39, 0.29) is 18.0 Å². The van der Waals surface area contributed by atoms with Crippen molar-refractivity contribution in [2.45, 2.75) is 6.42 Å². The summed E-state index contributed by atoms with van der Waals surface area (Å²) in [6, 6.07) is 2.27. The Morgan fingerprint density at radius 3 is 2.71 bits per heavy atom. The lowest BCUT2D eigenvalue weighted by molar-refractivity contribution is 0.292. The molecule has 4 N–H and O–H groups in total. The van der Waals surface area contributed by atoms with Crippen LogP contribution in [0.3, 0.4) is 0 Å². The van der Waals surface area contributed by atoms with E-state index < -0.39 is 11.6 Å². The van der Waals surface area contributed by atoms with E-state index in [4.69, 9.17) is 10.8 Å². The van der Waals surface area contributed by atoms with Crippen molar-refractivity contribution >= 4 is 11.4 Å². The molecular weight excluding hydrogens is 190 g/mol. The number of halogens is 2. The summed E-state index contributed by atoms with van der Waals surface area (Å²) >= 11 is 0. The van der Waals surface area contributed by atoms with Gasteiger partial charge in [0.1, 0.15) is 0 Å². The molecule has 0 aliphatic heterocycles. The van der Waals surface area contributed by atoms with E-state index in [9.17, 15) is 8.78 Å². The first-order valence-corrected chi connectivity index (χ1v) is 4.25. The molecule has 0 saturated heterocycles. The Hall–Kier alpha value is -1.36. The monoisotopic (exact) mass is 202 g/mol. The second-order valence-electron chi connectivity index (χ2n) is 2.83. The first-order valence-electron chi connectivity index (χ1n) is 4.25. The van der Waals surface area contributed by atoms with Crippen LogP contribution in [0.1, 0.15) is 6.42 Å². The highest BCUT2D eigenvalue weighted by atomic mass is 19.2. The highest BCUT2D eigenvalue weighted by Gasteiger charge is 2.10. The van der Waals surface area contributed by atoms with E-state index in [1.54, 1.807) is 0 Å². The molecule has 0 saturated carbocycles. The van der Waals surface area contributed by atoms with Crippen molar-refractivity contribution in [2.24, 2.45) is 0 Å². The molecule has 5 heteroatoms. The van der Waals surface area contributed by atoms with E-state index in [0.29, 0.717) is 13.0 Å². The van der Waals surface area contributed by atoms with E-state index in [1.807, 2.05) is 0 Å². The summed E-state index contributed by atoms with van der Waals surface area (Å²) in [6.45, 7) is 0.338. The SMILES string of the molecule is Nc1ccc(F)c(F)c1NCCCO. The summed E-state index contributed by atoms with van der Waals surface area (Å²) in [6.07, 6.45) is 0.454. The zero-order valence-corrected chi connectivity index (χ0v) is 7.56. The van der Waals surface area contributed by atoms with Crippen LogP contribution < -0.4 is 11.1 Å². The normalized spacial score (nSPS) is 10.2. The molecule has 1 aromatic rings. The topological polar surface area (TPSA) is 58.3 Å². The standard InChI is InChI=1S/C9H12F2N2O/c10-6-2-3-7(12)9(8(6)11)13-4-1-5-14/h2-3,13-14H,1,4-5,12H2. The van der Waals surface area contributed by atoms with E-state index in [2.05, 4.69) is 5.32 Å². The van der Waals surface area contributed by atoms with Gasteiger partial charge in [0.25, 0.3) is 0 Å². The van der Waals surface area contributed by atoms with E-state index in [1.165, 1.54) is 6.07 Å². The number of hydrogen-bond donors (Lipinski definition) is 3. The second-order valence-corrected chi connectivity index (χ2v) is 2.83. The molecule has 0 bridgehead atoms. The van der Waals surface area contributed by atoms with Gasteiger partial charge in [-0.3, -0.25) is 0 Å². The minimum Gasteiger partial charge on any atom is -0.397 e. The number of aliphatic hydroxyl groups excluding tert-OH is 1. The molecule has 0 radical (unpaired) electrons. The number of benzene rings is 1. The third-order valence-corrected chi connectivity index (χ3v) is 1.76. The van der Waals surface area contributed by atoms with Crippen LogP contribution in [0, 0.1) is 11.6 Å². The molecule has 0 aliphatic carbocycles. The van der Waals surface area contributed by atoms with Crippen LogP contribution in [0.25, 0.3) is 0 Å². The fourth-order valence-corrected chi connectivity index (χ4v) is 1.04. The summed E-state index contributed by atoms with van der Waals surface area (Å²) in [5, 5.41) is 11.1. The molecule has 0 spiro atoms. The Bertz CT molecular complexity index is 318. The smallest absolute Gasteiger partial charge is 0.183 e. The second kappa shape index (κ2) is 4.76. The summed E-state index contributed by atoms with van der Waals surface area (Å²) in [5.41, 5.74) is 5.55. The fourth-order valence-electron chi connectivity index (χ4n) is 1.04. The lowest BCUT2D eigenvalue weighted by Crippen LogP contribution is -2.08. The quantitative estimate of drug-likeness (QED) is 0.510. The van der Waals surface area contributed by atoms with Gasteiger partial charge in [-0.15, -0.1) is 0 Å². The van der Waals surface area contributed by atoms with E-state index in [0.717, 1.165) is 6.07 Å². The molecule has 0 amide bonds. The molecule has 1 rings (SSSR count). The number of rotatable bonds is 4. The van der Waals surface area contributed by atoms with E-state index >= 15 is 0 Å². The van der Waals surface area contributed by atoms with Gasteiger partial charge in [-0.25, -0.2) is 8.78 Å². The van der Waals surface area contributed by atoms with Gasteiger partial charge >= 0.3 is 0 Å². The lowest BCUT2D eigenvalue weighted by Gasteiger charge is -2.09. The Balaban J connectivity index is 2.79. The van der Waals surface area contributed by atoms with Gasteiger partial charge in [0.2, 0.25) is 0 Å². The van der Waals surface area contributed by atoms with Crippen molar-refractivity contribution in [3.05, 3.63) is 23.8 Å². The average molecular weight is 202 g/mol. The van der Waals surface area contributed by atoms with Crippen molar-refractivity contribution in [1.29, 1.82) is 0 Å². The molecule has 0 atom stereocenters. The van der Waals surface area contributed by atoms with Gasteiger partial charge in [-0.2, -0.15) is 0 Å². The molecule has 0 aliphatic rings. The highest BCUT2D eigenvalue weighted by molar-refractivity contribution is 5.66. The van der Waals surface area contributed by atoms with Crippen LogP contribution in [0.2, 0.25) is 0 Å². The Kier molecular flexibility index (Phi) is 3.64. The van der Waals surface area contributed by atoms with Gasteiger partial charge < -0.3 is 16.2 Å². The Morgan fingerprint density at radius 2 is 2.07 bits per heavy atom. The summed E-state index contributed by atoms with van der Waals surface area (Å²) < 4.78 is 25.9. The number of aliphatic hydroxyl groups is 1. The third-order valence-electron chi connectivity index (χ3n) is 1.76. The minimum atomic E-state index is -0.983. The third kappa shape index (κ3) is 2.32. The van der Waals surface area contributed by atoms with Crippen molar-refractivity contribution in [1.82, 2.24) is 0 Å². The van der Waals surface area contributed by atoms with Crippen molar-refractivity contribution < 1.29 is 13.9 Å². The Morgan fingerprint density at radius 1 is 1.36 bits per heavy atom. The number of anilines is 2. The molecule has 78 valence electrons. The fraction of sp³-hybridized carbons (Fsp3) is 0.333. The number of nitrogens with two attached hydrogens (primary N) is 1. The van der Waals surface area contributed by atoms with Crippen LogP contribution in [0.15, 0.2) is 12.1 Å². The zero-order chi connectivity index (χ0) is 10.6. The van der Waals surface area contributed by atoms with Gasteiger partial charge in [-0.05, 0) is 18.6 Å². The van der Waals surface area contributed by atoms with Crippen molar-refractivity contribution in [3.8, 4) is 0 Å². The number of nitrogens with one attached hydrogen (secondary N) is 1. The maximum atomic E-state index is 13.1. The van der Waals surface area contributed by atoms with Gasteiger partial charge in [0.05, 0.1) is 11.4 Å². The largest absolute Gasteiger partial charge is 0.397 e. The first-order chi connectivity index (χ1) is 6.66. The molecule has 0 aromatic heterocycles. The van der Waals surface area contributed by atoms with Crippen LogP contribution in [0.5, 0.6) is 0 Å². The number of nitrogen functional groups attached to an aromatic ring is 1. The molecule has 1 aromatic carbocycles. The van der Waals surface area contributed by atoms with Crippen molar-refractivity contribution in [2.75, 3.05) is 24.2 Å². The van der Waals surface area contributed by atoms with Crippen molar-refractivity contribution in [3.63, 3.8) is 0 Å².